The highest BCUT2D eigenvalue weighted by Gasteiger charge is 2.35. The molecule has 1 unspecified atom stereocenters. The second kappa shape index (κ2) is 7.37. The van der Waals surface area contributed by atoms with Crippen LogP contribution in [-0.4, -0.2) is 16.3 Å². The quantitative estimate of drug-likeness (QED) is 0.605. The summed E-state index contributed by atoms with van der Waals surface area (Å²) < 4.78 is 2.11. The molecule has 0 saturated heterocycles. The number of aromatic nitrogens is 1. The van der Waals surface area contributed by atoms with Gasteiger partial charge in [-0.1, -0.05) is 38.1 Å². The Morgan fingerprint density at radius 3 is 2.72 bits per heavy atom. The number of hydrogen-bond acceptors (Lipinski definition) is 3. The Kier molecular flexibility index (Phi) is 4.73. The number of aryl methyl sites for hydroxylation is 2. The van der Waals surface area contributed by atoms with Crippen LogP contribution >= 0.6 is 0 Å². The van der Waals surface area contributed by atoms with Gasteiger partial charge in [-0.3, -0.25) is 9.59 Å². The molecule has 164 valence electrons. The summed E-state index contributed by atoms with van der Waals surface area (Å²) in [5.41, 5.74) is 13.3. The number of Topliss-reactive ketones (excluding diaryl/α,β-unsaturated/α-hetero) is 1. The molecular formula is C27H29N3O2. The maximum absolute atomic E-state index is 12.8. The first-order chi connectivity index (χ1) is 15.2. The monoisotopic (exact) mass is 427 g/mol. The summed E-state index contributed by atoms with van der Waals surface area (Å²) >= 11 is 0. The van der Waals surface area contributed by atoms with Gasteiger partial charge in [0.2, 0.25) is 0 Å². The standard InChI is InChI=1S/C27H29N3O2/c1-16-15-30(23-13-27(2,3)14-24(31)25(16)23)18-9-10-20(26(28)32)22(12-18)29-21-11-8-17-6-4-5-7-19(17)21/h4-7,9-10,12,15,21,29H,8,11,13-14H2,1-3H3,(H2,28,32). The van der Waals surface area contributed by atoms with Crippen molar-refractivity contribution < 1.29 is 9.59 Å². The number of benzene rings is 2. The van der Waals surface area contributed by atoms with Crippen LogP contribution in [0.15, 0.2) is 48.7 Å². The summed E-state index contributed by atoms with van der Waals surface area (Å²) in [5.74, 6) is -0.241. The maximum atomic E-state index is 12.8. The van der Waals surface area contributed by atoms with Gasteiger partial charge in [0.15, 0.2) is 5.78 Å². The number of anilines is 1. The fourth-order valence-corrected chi connectivity index (χ4v) is 5.42. The van der Waals surface area contributed by atoms with Gasteiger partial charge in [0.25, 0.3) is 5.91 Å². The third-order valence-electron chi connectivity index (χ3n) is 6.87. The summed E-state index contributed by atoms with van der Waals surface area (Å²) in [7, 11) is 0. The van der Waals surface area contributed by atoms with Crippen molar-refractivity contribution in [1.29, 1.82) is 0 Å². The normalized spacial score (nSPS) is 18.8. The van der Waals surface area contributed by atoms with Crippen molar-refractivity contribution in [1.82, 2.24) is 4.57 Å². The highest BCUT2D eigenvalue weighted by atomic mass is 16.1. The number of nitrogens with zero attached hydrogens (tertiary/aromatic N) is 1. The zero-order valence-corrected chi connectivity index (χ0v) is 18.9. The van der Waals surface area contributed by atoms with Crippen LogP contribution in [-0.2, 0) is 12.8 Å². The molecule has 0 aliphatic heterocycles. The Bertz CT molecular complexity index is 1250. The molecule has 32 heavy (non-hydrogen) atoms. The van der Waals surface area contributed by atoms with E-state index in [4.69, 9.17) is 5.73 Å². The number of nitrogens with two attached hydrogens (primary N) is 1. The van der Waals surface area contributed by atoms with E-state index in [2.05, 4.69) is 48.0 Å². The molecule has 0 fully saturated rings. The lowest BCUT2D eigenvalue weighted by Gasteiger charge is -2.30. The molecule has 0 spiro atoms. The van der Waals surface area contributed by atoms with E-state index in [9.17, 15) is 9.59 Å². The third-order valence-corrected chi connectivity index (χ3v) is 6.87. The molecule has 1 aromatic heterocycles. The van der Waals surface area contributed by atoms with Crippen molar-refractivity contribution in [3.8, 4) is 5.69 Å². The molecule has 0 bridgehead atoms. The predicted molar refractivity (Wildman–Crippen MR) is 127 cm³/mol. The second-order valence-electron chi connectivity index (χ2n) is 9.97. The predicted octanol–water partition coefficient (Wildman–Crippen LogP) is 5.14. The molecule has 2 aliphatic carbocycles. The summed E-state index contributed by atoms with van der Waals surface area (Å²) in [6.07, 6.45) is 5.43. The molecule has 0 saturated carbocycles. The summed E-state index contributed by atoms with van der Waals surface area (Å²) in [5, 5.41) is 3.59. The van der Waals surface area contributed by atoms with Crippen molar-refractivity contribution in [2.75, 3.05) is 5.32 Å². The van der Waals surface area contributed by atoms with E-state index in [0.29, 0.717) is 12.0 Å². The number of primary amides is 1. The van der Waals surface area contributed by atoms with Gasteiger partial charge in [0, 0.05) is 35.2 Å². The molecule has 2 aliphatic rings. The minimum atomic E-state index is -0.452. The van der Waals surface area contributed by atoms with Crippen LogP contribution in [0.25, 0.3) is 5.69 Å². The van der Waals surface area contributed by atoms with Crippen LogP contribution in [0.1, 0.15) is 75.8 Å². The topological polar surface area (TPSA) is 77.1 Å². The van der Waals surface area contributed by atoms with E-state index in [1.54, 1.807) is 6.07 Å². The largest absolute Gasteiger partial charge is 0.378 e. The lowest BCUT2D eigenvalue weighted by Crippen LogP contribution is -2.28. The number of ketones is 1. The first kappa shape index (κ1) is 20.6. The molecule has 0 radical (unpaired) electrons. The average Bonchev–Trinajstić information content (AvgIpc) is 3.28. The van der Waals surface area contributed by atoms with Crippen molar-refractivity contribution in [2.24, 2.45) is 11.1 Å². The Labute approximate surface area is 188 Å². The smallest absolute Gasteiger partial charge is 0.250 e. The highest BCUT2D eigenvalue weighted by molar-refractivity contribution is 6.01. The first-order valence-corrected chi connectivity index (χ1v) is 11.3. The van der Waals surface area contributed by atoms with Crippen LogP contribution in [0.3, 0.4) is 0 Å². The van der Waals surface area contributed by atoms with Gasteiger partial charge in [-0.05, 0) is 66.5 Å². The van der Waals surface area contributed by atoms with Crippen molar-refractivity contribution in [3.05, 3.63) is 82.2 Å². The van der Waals surface area contributed by atoms with Gasteiger partial charge in [-0.2, -0.15) is 0 Å². The summed E-state index contributed by atoms with van der Waals surface area (Å²) in [4.78, 5) is 25.0. The Balaban J connectivity index is 1.58. The summed E-state index contributed by atoms with van der Waals surface area (Å²) in [6, 6.07) is 14.3. The van der Waals surface area contributed by atoms with Gasteiger partial charge in [0.1, 0.15) is 0 Å². The molecular weight excluding hydrogens is 398 g/mol. The van der Waals surface area contributed by atoms with Crippen LogP contribution < -0.4 is 11.1 Å². The lowest BCUT2D eigenvalue weighted by atomic mass is 9.75. The first-order valence-electron chi connectivity index (χ1n) is 11.3. The fraction of sp³-hybridized carbons (Fsp3) is 0.333. The number of rotatable bonds is 4. The van der Waals surface area contributed by atoms with Gasteiger partial charge >= 0.3 is 0 Å². The molecule has 3 N–H and O–H groups in total. The second-order valence-corrected chi connectivity index (χ2v) is 9.97. The molecule has 5 nitrogen and oxygen atoms in total. The molecule has 5 heteroatoms. The van der Waals surface area contributed by atoms with E-state index in [0.717, 1.165) is 47.5 Å². The average molecular weight is 428 g/mol. The minimum Gasteiger partial charge on any atom is -0.378 e. The van der Waals surface area contributed by atoms with Crippen molar-refractivity contribution >= 4 is 17.4 Å². The lowest BCUT2D eigenvalue weighted by molar-refractivity contribution is 0.0909. The number of amides is 1. The maximum Gasteiger partial charge on any atom is 0.250 e. The number of carbonyl (C=O) groups excluding carboxylic acids is 2. The van der Waals surface area contributed by atoms with E-state index in [1.807, 2.05) is 25.3 Å². The van der Waals surface area contributed by atoms with E-state index < -0.39 is 5.91 Å². The van der Waals surface area contributed by atoms with E-state index in [-0.39, 0.29) is 17.2 Å². The Hall–Kier alpha value is -3.34. The van der Waals surface area contributed by atoms with E-state index in [1.165, 1.54) is 11.1 Å². The molecule has 3 aromatic rings. The molecule has 2 aromatic carbocycles. The highest BCUT2D eigenvalue weighted by Crippen LogP contribution is 2.39. The Morgan fingerprint density at radius 2 is 1.94 bits per heavy atom. The SMILES string of the molecule is Cc1cn(-c2ccc(C(N)=O)c(NC3CCc4ccccc43)c2)c2c1C(=O)CC(C)(C)C2. The van der Waals surface area contributed by atoms with E-state index >= 15 is 0 Å². The van der Waals surface area contributed by atoms with Gasteiger partial charge in [-0.15, -0.1) is 0 Å². The van der Waals surface area contributed by atoms with Crippen molar-refractivity contribution in [2.45, 2.75) is 52.5 Å². The number of fused-ring (bicyclic) bond motifs is 2. The van der Waals surface area contributed by atoms with Crippen LogP contribution in [0, 0.1) is 12.3 Å². The molecule has 1 heterocycles. The van der Waals surface area contributed by atoms with Gasteiger partial charge < -0.3 is 15.6 Å². The van der Waals surface area contributed by atoms with Crippen LogP contribution in [0.4, 0.5) is 5.69 Å². The zero-order valence-electron chi connectivity index (χ0n) is 18.9. The Morgan fingerprint density at radius 1 is 1.16 bits per heavy atom. The summed E-state index contributed by atoms with van der Waals surface area (Å²) in [6.45, 7) is 6.28. The number of hydrogen-bond donors (Lipinski definition) is 2. The third kappa shape index (κ3) is 3.42. The molecule has 1 atom stereocenters. The molecule has 1 amide bonds. The van der Waals surface area contributed by atoms with Crippen molar-refractivity contribution in [3.63, 3.8) is 0 Å². The van der Waals surface area contributed by atoms with Gasteiger partial charge in [0.05, 0.1) is 11.6 Å². The van der Waals surface area contributed by atoms with Crippen LogP contribution in [0.2, 0.25) is 0 Å². The van der Waals surface area contributed by atoms with Crippen LogP contribution in [0.5, 0.6) is 0 Å². The number of carbonyl (C=O) groups is 2. The van der Waals surface area contributed by atoms with Gasteiger partial charge in [-0.25, -0.2) is 0 Å². The fourth-order valence-electron chi connectivity index (χ4n) is 5.42. The molecule has 5 rings (SSSR count). The minimum absolute atomic E-state index is 0.0750. The zero-order chi connectivity index (χ0) is 22.6. The number of nitrogens with one attached hydrogen (secondary N) is 1.